The molecule has 0 bridgehead atoms. The lowest BCUT2D eigenvalue weighted by atomic mass is 10.0. The van der Waals surface area contributed by atoms with Gasteiger partial charge in [0.05, 0.1) is 0 Å². The number of nitrogens with zero attached hydrogens (tertiary/aromatic N) is 2. The molecule has 0 atom stereocenters. The maximum Gasteiger partial charge on any atom is 0.266 e. The van der Waals surface area contributed by atoms with Crippen LogP contribution in [0, 0.1) is 32.1 Å². The van der Waals surface area contributed by atoms with Crippen LogP contribution >= 0.6 is 11.6 Å². The van der Waals surface area contributed by atoms with Crippen LogP contribution in [0.25, 0.3) is 11.8 Å². The Morgan fingerprint density at radius 2 is 1.81 bits per heavy atom. The summed E-state index contributed by atoms with van der Waals surface area (Å²) in [5, 5.41) is 13.0. The van der Waals surface area contributed by atoms with Gasteiger partial charge in [-0.2, -0.15) is 5.26 Å². The second-order valence-electron chi connectivity index (χ2n) is 7.94. The fraction of sp³-hybridized carbons (Fsp3) is 0.231. The summed E-state index contributed by atoms with van der Waals surface area (Å²) in [6, 6.07) is 17.8. The molecule has 3 rings (SSSR count). The molecule has 0 aliphatic carbocycles. The molecule has 2 aromatic carbocycles. The highest BCUT2D eigenvalue weighted by Crippen LogP contribution is 2.26. The third kappa shape index (κ3) is 4.73. The number of carbonyl (C=O) groups is 1. The van der Waals surface area contributed by atoms with Gasteiger partial charge in [0.25, 0.3) is 5.91 Å². The minimum atomic E-state index is -0.459. The average Bonchev–Trinajstić information content (AvgIpc) is 3.02. The maximum atomic E-state index is 12.7. The van der Waals surface area contributed by atoms with E-state index in [1.165, 1.54) is 5.56 Å². The van der Waals surface area contributed by atoms with Crippen LogP contribution in [0.3, 0.4) is 0 Å². The van der Waals surface area contributed by atoms with Crippen molar-refractivity contribution in [1.29, 1.82) is 5.26 Å². The van der Waals surface area contributed by atoms with E-state index in [-0.39, 0.29) is 5.57 Å². The van der Waals surface area contributed by atoms with Crippen LogP contribution in [0.1, 0.15) is 47.8 Å². The van der Waals surface area contributed by atoms with Crippen molar-refractivity contribution in [1.82, 2.24) is 4.57 Å². The lowest BCUT2D eigenvalue weighted by Gasteiger charge is -2.12. The molecule has 0 saturated carbocycles. The standard InChI is InChI=1S/C26H26ClN3O/c1-16(2)20-9-11-23(12-10-20)30-17(3)13-21(19(30)5)14-22(15-28)26(31)29-25-8-6-7-24(27)18(25)4/h6-14,16H,1-5H3,(H,29,31)/b22-14-. The highest BCUT2D eigenvalue weighted by atomic mass is 35.5. The predicted molar refractivity (Wildman–Crippen MR) is 128 cm³/mol. The molecule has 5 heteroatoms. The minimum absolute atomic E-state index is 0.0368. The molecule has 0 aliphatic rings. The fourth-order valence-corrected chi connectivity index (χ4v) is 3.75. The smallest absolute Gasteiger partial charge is 0.266 e. The molecule has 0 spiro atoms. The molecule has 1 aromatic heterocycles. The number of carbonyl (C=O) groups excluding carboxylic acids is 1. The van der Waals surface area contributed by atoms with Gasteiger partial charge in [0.1, 0.15) is 11.6 Å². The van der Waals surface area contributed by atoms with Crippen molar-refractivity contribution < 1.29 is 4.79 Å². The van der Waals surface area contributed by atoms with Crippen LogP contribution in [-0.2, 0) is 4.79 Å². The number of aryl methyl sites for hydroxylation is 1. The minimum Gasteiger partial charge on any atom is -0.321 e. The predicted octanol–water partition coefficient (Wildman–Crippen LogP) is 6.73. The van der Waals surface area contributed by atoms with Gasteiger partial charge in [0.2, 0.25) is 0 Å². The Balaban J connectivity index is 1.93. The summed E-state index contributed by atoms with van der Waals surface area (Å²) in [6.45, 7) is 10.2. The Bertz CT molecular complexity index is 1190. The van der Waals surface area contributed by atoms with Gasteiger partial charge >= 0.3 is 0 Å². The molecule has 31 heavy (non-hydrogen) atoms. The maximum absolute atomic E-state index is 12.7. The van der Waals surface area contributed by atoms with Crippen LogP contribution in [0.5, 0.6) is 0 Å². The lowest BCUT2D eigenvalue weighted by Crippen LogP contribution is -2.14. The van der Waals surface area contributed by atoms with Gasteiger partial charge in [-0.1, -0.05) is 43.6 Å². The third-order valence-electron chi connectivity index (χ3n) is 5.47. The topological polar surface area (TPSA) is 57.8 Å². The van der Waals surface area contributed by atoms with Gasteiger partial charge < -0.3 is 9.88 Å². The summed E-state index contributed by atoms with van der Waals surface area (Å²) in [5.41, 5.74) is 6.56. The molecule has 0 radical (unpaired) electrons. The zero-order valence-corrected chi connectivity index (χ0v) is 19.2. The number of halogens is 1. The molecule has 0 fully saturated rings. The van der Waals surface area contributed by atoms with Gasteiger partial charge in [0.15, 0.2) is 0 Å². The summed E-state index contributed by atoms with van der Waals surface area (Å²) < 4.78 is 2.13. The highest BCUT2D eigenvalue weighted by molar-refractivity contribution is 6.31. The Morgan fingerprint density at radius 3 is 2.42 bits per heavy atom. The van der Waals surface area contributed by atoms with Crippen molar-refractivity contribution in [2.45, 2.75) is 40.5 Å². The lowest BCUT2D eigenvalue weighted by molar-refractivity contribution is -0.112. The molecule has 4 nitrogen and oxygen atoms in total. The van der Waals surface area contributed by atoms with Crippen LogP contribution in [0.4, 0.5) is 5.69 Å². The van der Waals surface area contributed by atoms with Crippen molar-refractivity contribution in [2.75, 3.05) is 5.32 Å². The zero-order chi connectivity index (χ0) is 22.7. The highest BCUT2D eigenvalue weighted by Gasteiger charge is 2.15. The normalized spacial score (nSPS) is 11.5. The van der Waals surface area contributed by atoms with Gasteiger partial charge in [0, 0.05) is 27.8 Å². The number of amides is 1. The van der Waals surface area contributed by atoms with Crippen LogP contribution in [0.15, 0.2) is 54.1 Å². The summed E-state index contributed by atoms with van der Waals surface area (Å²) in [5.74, 6) is 0.0122. The molecule has 1 N–H and O–H groups in total. The first-order valence-corrected chi connectivity index (χ1v) is 10.6. The van der Waals surface area contributed by atoms with E-state index < -0.39 is 5.91 Å². The summed E-state index contributed by atoms with van der Waals surface area (Å²) >= 11 is 6.13. The third-order valence-corrected chi connectivity index (χ3v) is 5.88. The Morgan fingerprint density at radius 1 is 1.13 bits per heavy atom. The first-order chi connectivity index (χ1) is 14.7. The summed E-state index contributed by atoms with van der Waals surface area (Å²) in [7, 11) is 0. The van der Waals surface area contributed by atoms with E-state index in [2.05, 4.69) is 48.0 Å². The van der Waals surface area contributed by atoms with Gasteiger partial charge in [-0.3, -0.25) is 4.79 Å². The molecule has 0 saturated heterocycles. The molecule has 158 valence electrons. The number of hydrogen-bond acceptors (Lipinski definition) is 2. The van der Waals surface area contributed by atoms with E-state index in [4.69, 9.17) is 11.6 Å². The Labute approximate surface area is 188 Å². The number of benzene rings is 2. The number of nitriles is 1. The SMILES string of the molecule is Cc1c(Cl)cccc1NC(=O)/C(C#N)=C\c1cc(C)n(-c2ccc(C(C)C)cc2)c1C. The van der Waals surface area contributed by atoms with Crippen molar-refractivity contribution in [3.05, 3.63) is 87.2 Å². The Kier molecular flexibility index (Phi) is 6.68. The Hall–Kier alpha value is -3.29. The number of aromatic nitrogens is 1. The van der Waals surface area contributed by atoms with Crippen molar-refractivity contribution in [2.24, 2.45) is 0 Å². The van der Waals surface area contributed by atoms with Crippen LogP contribution in [-0.4, -0.2) is 10.5 Å². The largest absolute Gasteiger partial charge is 0.321 e. The van der Waals surface area contributed by atoms with Gasteiger partial charge in [-0.05, 0) is 79.8 Å². The van der Waals surface area contributed by atoms with E-state index in [0.29, 0.717) is 16.6 Å². The molecular weight excluding hydrogens is 406 g/mol. The molecule has 1 heterocycles. The summed E-state index contributed by atoms with van der Waals surface area (Å²) in [4.78, 5) is 12.7. The average molecular weight is 432 g/mol. The van der Waals surface area contributed by atoms with Gasteiger partial charge in [-0.25, -0.2) is 0 Å². The molecule has 3 aromatic rings. The zero-order valence-electron chi connectivity index (χ0n) is 18.5. The molecule has 0 unspecified atom stereocenters. The van der Waals surface area contributed by atoms with E-state index in [1.807, 2.05) is 32.9 Å². The second kappa shape index (κ2) is 9.24. The van der Waals surface area contributed by atoms with E-state index in [9.17, 15) is 10.1 Å². The van der Waals surface area contributed by atoms with Gasteiger partial charge in [-0.15, -0.1) is 0 Å². The number of rotatable bonds is 5. The number of hydrogen-bond donors (Lipinski definition) is 1. The van der Waals surface area contributed by atoms with Crippen LogP contribution < -0.4 is 5.32 Å². The van der Waals surface area contributed by atoms with E-state index in [0.717, 1.165) is 28.2 Å². The summed E-state index contributed by atoms with van der Waals surface area (Å²) in [6.07, 6.45) is 1.64. The molecule has 0 aliphatic heterocycles. The quantitative estimate of drug-likeness (QED) is 0.359. The number of nitrogens with one attached hydrogen (secondary N) is 1. The number of anilines is 1. The molecule has 1 amide bonds. The van der Waals surface area contributed by atoms with Crippen molar-refractivity contribution >= 4 is 29.3 Å². The first-order valence-electron chi connectivity index (χ1n) is 10.2. The second-order valence-corrected chi connectivity index (χ2v) is 8.35. The van der Waals surface area contributed by atoms with Crippen molar-refractivity contribution in [3.63, 3.8) is 0 Å². The first kappa shape index (κ1) is 22.4. The van der Waals surface area contributed by atoms with E-state index in [1.54, 1.807) is 24.3 Å². The molecular formula is C26H26ClN3O. The van der Waals surface area contributed by atoms with Crippen molar-refractivity contribution in [3.8, 4) is 11.8 Å². The monoisotopic (exact) mass is 431 g/mol. The van der Waals surface area contributed by atoms with E-state index >= 15 is 0 Å². The fourth-order valence-electron chi connectivity index (χ4n) is 3.58. The van der Waals surface area contributed by atoms with Crippen LogP contribution in [0.2, 0.25) is 5.02 Å².